The lowest BCUT2D eigenvalue weighted by Crippen LogP contribution is -2.02. The normalized spacial score (nSPS) is 10.6. The van der Waals surface area contributed by atoms with E-state index in [1.165, 1.54) is 36.3 Å². The highest BCUT2D eigenvalue weighted by atomic mass is 32.2. The number of hydrogen-bond donors (Lipinski definition) is 0. The molecule has 1 heterocycles. The summed E-state index contributed by atoms with van der Waals surface area (Å²) in [5, 5.41) is 12.0. The number of rotatable bonds is 5. The van der Waals surface area contributed by atoms with Gasteiger partial charge in [-0.1, -0.05) is 0 Å². The summed E-state index contributed by atoms with van der Waals surface area (Å²) >= 11 is 2.74. The maximum Gasteiger partial charge on any atom is 0.316 e. The van der Waals surface area contributed by atoms with E-state index in [4.69, 9.17) is 0 Å². The van der Waals surface area contributed by atoms with Crippen molar-refractivity contribution < 1.29 is 14.5 Å². The molecule has 0 aliphatic carbocycles. The molecule has 0 aliphatic heterocycles. The maximum absolute atomic E-state index is 10.9. The quantitative estimate of drug-likeness (QED) is 0.351. The van der Waals surface area contributed by atoms with Gasteiger partial charge in [-0.3, -0.25) is 14.9 Å². The Morgan fingerprint density at radius 2 is 2.50 bits per heavy atom. The average Bonchev–Trinajstić information content (AvgIpc) is 2.70. The predicted molar refractivity (Wildman–Crippen MR) is 63.1 cm³/mol. The average molecular weight is 259 g/mol. The van der Waals surface area contributed by atoms with Crippen LogP contribution in [-0.4, -0.2) is 23.8 Å². The van der Waals surface area contributed by atoms with E-state index in [0.29, 0.717) is 0 Å². The number of methoxy groups -OCH3 is 1. The van der Waals surface area contributed by atoms with E-state index in [9.17, 15) is 14.9 Å². The molecule has 5 nitrogen and oxygen atoms in total. The molecule has 1 aromatic rings. The molecule has 0 atom stereocenters. The van der Waals surface area contributed by atoms with E-state index in [1.807, 2.05) is 5.38 Å². The van der Waals surface area contributed by atoms with Crippen LogP contribution in [-0.2, 0) is 9.53 Å². The van der Waals surface area contributed by atoms with Crippen molar-refractivity contribution in [3.63, 3.8) is 0 Å². The van der Waals surface area contributed by atoms with Crippen molar-refractivity contribution in [1.82, 2.24) is 0 Å². The molecule has 0 spiro atoms. The van der Waals surface area contributed by atoms with Gasteiger partial charge in [-0.15, -0.1) is 23.1 Å². The molecule has 7 heteroatoms. The van der Waals surface area contributed by atoms with E-state index < -0.39 is 4.92 Å². The van der Waals surface area contributed by atoms with E-state index in [-0.39, 0.29) is 11.7 Å². The zero-order chi connectivity index (χ0) is 12.0. The Bertz CT molecular complexity index is 413. The molecule has 0 aromatic carbocycles. The summed E-state index contributed by atoms with van der Waals surface area (Å²) in [6, 6.07) is 1.77. The predicted octanol–water partition coefficient (Wildman–Crippen LogP) is 2.26. The molecule has 0 radical (unpaired) electrons. The SMILES string of the molecule is COC(=O)CSc1sccc1/C=C/[N+](=O)[O-]. The third-order valence-corrected chi connectivity index (χ3v) is 3.83. The van der Waals surface area contributed by atoms with Gasteiger partial charge in [0, 0.05) is 11.6 Å². The maximum atomic E-state index is 10.9. The van der Waals surface area contributed by atoms with Gasteiger partial charge in [0.15, 0.2) is 0 Å². The monoisotopic (exact) mass is 259 g/mol. The van der Waals surface area contributed by atoms with E-state index >= 15 is 0 Å². The van der Waals surface area contributed by atoms with Gasteiger partial charge in [0.25, 0.3) is 0 Å². The Kier molecular flexibility index (Phi) is 5.00. The van der Waals surface area contributed by atoms with Crippen molar-refractivity contribution in [2.75, 3.05) is 12.9 Å². The first-order chi connectivity index (χ1) is 7.63. The number of thiophene rings is 1. The highest BCUT2D eigenvalue weighted by Gasteiger charge is 2.07. The molecule has 0 saturated heterocycles. The van der Waals surface area contributed by atoms with Crippen molar-refractivity contribution in [3.8, 4) is 0 Å². The second-order valence-electron chi connectivity index (χ2n) is 2.63. The van der Waals surface area contributed by atoms with Gasteiger partial charge in [-0.25, -0.2) is 0 Å². The lowest BCUT2D eigenvalue weighted by molar-refractivity contribution is -0.400. The van der Waals surface area contributed by atoms with Crippen molar-refractivity contribution in [3.05, 3.63) is 33.3 Å². The van der Waals surface area contributed by atoms with Crippen molar-refractivity contribution in [2.24, 2.45) is 0 Å². The lowest BCUT2D eigenvalue weighted by atomic mass is 10.3. The van der Waals surface area contributed by atoms with Crippen molar-refractivity contribution >= 4 is 35.1 Å². The first-order valence-electron chi connectivity index (χ1n) is 4.22. The van der Waals surface area contributed by atoms with E-state index in [0.717, 1.165) is 16.0 Å². The minimum absolute atomic E-state index is 0.205. The highest BCUT2D eigenvalue weighted by Crippen LogP contribution is 2.29. The van der Waals surface area contributed by atoms with Crippen LogP contribution < -0.4 is 0 Å². The largest absolute Gasteiger partial charge is 0.468 e. The van der Waals surface area contributed by atoms with Gasteiger partial charge in [0.1, 0.15) is 0 Å². The summed E-state index contributed by atoms with van der Waals surface area (Å²) in [6.45, 7) is 0. The Labute approximate surface area is 100 Å². The minimum atomic E-state index is -0.521. The first kappa shape index (κ1) is 12.7. The van der Waals surface area contributed by atoms with Crippen LogP contribution in [0.4, 0.5) is 0 Å². The van der Waals surface area contributed by atoms with Gasteiger partial charge in [0.05, 0.1) is 22.0 Å². The zero-order valence-electron chi connectivity index (χ0n) is 8.41. The van der Waals surface area contributed by atoms with Crippen LogP contribution in [0.15, 0.2) is 21.9 Å². The summed E-state index contributed by atoms with van der Waals surface area (Å²) in [5.41, 5.74) is 0.746. The Morgan fingerprint density at radius 3 is 3.12 bits per heavy atom. The fourth-order valence-corrected chi connectivity index (χ4v) is 2.77. The third-order valence-electron chi connectivity index (χ3n) is 1.58. The number of hydrogen-bond acceptors (Lipinski definition) is 6. The minimum Gasteiger partial charge on any atom is -0.468 e. The van der Waals surface area contributed by atoms with Gasteiger partial charge >= 0.3 is 5.97 Å². The molecule has 0 amide bonds. The molecule has 86 valence electrons. The topological polar surface area (TPSA) is 69.4 Å². The van der Waals surface area contributed by atoms with E-state index in [2.05, 4.69) is 4.74 Å². The summed E-state index contributed by atoms with van der Waals surface area (Å²) in [6.07, 6.45) is 2.29. The van der Waals surface area contributed by atoms with Crippen LogP contribution in [0.1, 0.15) is 5.56 Å². The second-order valence-corrected chi connectivity index (χ2v) is 4.79. The third kappa shape index (κ3) is 4.03. The van der Waals surface area contributed by atoms with Gasteiger partial charge in [0.2, 0.25) is 6.20 Å². The molecule has 16 heavy (non-hydrogen) atoms. The van der Waals surface area contributed by atoms with Crippen LogP contribution >= 0.6 is 23.1 Å². The lowest BCUT2D eigenvalue weighted by Gasteiger charge is -1.98. The summed E-state index contributed by atoms with van der Waals surface area (Å²) < 4.78 is 5.37. The number of nitro groups is 1. The summed E-state index contributed by atoms with van der Waals surface area (Å²) in [4.78, 5) is 20.6. The highest BCUT2D eigenvalue weighted by molar-refractivity contribution is 8.01. The first-order valence-corrected chi connectivity index (χ1v) is 6.09. The number of ether oxygens (including phenoxy) is 1. The fraction of sp³-hybridized carbons (Fsp3) is 0.222. The van der Waals surface area contributed by atoms with Gasteiger partial charge in [-0.05, 0) is 11.4 Å². The molecule has 0 saturated carbocycles. The smallest absolute Gasteiger partial charge is 0.316 e. The van der Waals surface area contributed by atoms with Crippen LogP contribution in [0.5, 0.6) is 0 Å². The number of esters is 1. The number of thioether (sulfide) groups is 1. The van der Waals surface area contributed by atoms with Gasteiger partial charge < -0.3 is 4.74 Å². The van der Waals surface area contributed by atoms with Crippen molar-refractivity contribution in [2.45, 2.75) is 4.21 Å². The molecule has 0 unspecified atom stereocenters. The molecule has 0 N–H and O–H groups in total. The van der Waals surface area contributed by atoms with E-state index in [1.54, 1.807) is 6.07 Å². The molecular formula is C9H9NO4S2. The zero-order valence-corrected chi connectivity index (χ0v) is 10.0. The Hall–Kier alpha value is -1.34. The molecule has 0 bridgehead atoms. The van der Waals surface area contributed by atoms with Crippen LogP contribution in [0.2, 0.25) is 0 Å². The van der Waals surface area contributed by atoms with Crippen LogP contribution in [0.3, 0.4) is 0 Å². The van der Waals surface area contributed by atoms with Gasteiger partial charge in [-0.2, -0.15) is 0 Å². The standard InChI is InChI=1S/C9H9NO4S2/c1-14-8(11)6-16-9-7(3-5-15-9)2-4-10(12)13/h2-5H,6H2,1H3/b4-2+. The fourth-order valence-electron chi connectivity index (χ4n) is 0.871. The van der Waals surface area contributed by atoms with Crippen molar-refractivity contribution in [1.29, 1.82) is 0 Å². The van der Waals surface area contributed by atoms with Crippen LogP contribution in [0.25, 0.3) is 6.08 Å². The molecule has 1 aromatic heterocycles. The number of carbonyl (C=O) groups excluding carboxylic acids is 1. The number of nitrogens with zero attached hydrogens (tertiary/aromatic N) is 1. The summed E-state index contributed by atoms with van der Waals surface area (Å²) in [5.74, 6) is -0.112. The second kappa shape index (κ2) is 6.29. The molecular weight excluding hydrogens is 250 g/mol. The molecule has 0 fully saturated rings. The Balaban J connectivity index is 2.63. The van der Waals surface area contributed by atoms with Crippen LogP contribution in [0, 0.1) is 10.1 Å². The molecule has 0 aliphatic rings. The summed E-state index contributed by atoms with van der Waals surface area (Å²) in [7, 11) is 1.32. The number of carbonyl (C=O) groups is 1. The Morgan fingerprint density at radius 1 is 1.75 bits per heavy atom. The molecule has 1 rings (SSSR count).